The molecule has 1 aromatic heterocycles. The van der Waals surface area contributed by atoms with Crippen molar-refractivity contribution < 1.29 is 5.11 Å². The molecule has 0 aliphatic heterocycles. The molecule has 0 saturated heterocycles. The standard InChI is InChI=1S/C10H12N2O.CH4/c13-7-10-11-6-9(12-10)8-4-2-1-3-5-8;/h1-2,4,6,13H,3,5,7H2,(H,11,12);1H4. The van der Waals surface area contributed by atoms with Gasteiger partial charge < -0.3 is 10.1 Å². The largest absolute Gasteiger partial charge is 0.388 e. The lowest BCUT2D eigenvalue weighted by atomic mass is 10.0. The van der Waals surface area contributed by atoms with E-state index in [-0.39, 0.29) is 14.0 Å². The summed E-state index contributed by atoms with van der Waals surface area (Å²) in [6, 6.07) is 0. The number of H-pyrrole nitrogens is 1. The summed E-state index contributed by atoms with van der Waals surface area (Å²) in [7, 11) is 0. The maximum absolute atomic E-state index is 8.82. The molecule has 3 heteroatoms. The van der Waals surface area contributed by atoms with Gasteiger partial charge in [-0.15, -0.1) is 0 Å². The van der Waals surface area contributed by atoms with Crippen molar-refractivity contribution in [1.82, 2.24) is 9.97 Å². The Hall–Kier alpha value is -1.35. The van der Waals surface area contributed by atoms with Gasteiger partial charge in [0.2, 0.25) is 0 Å². The number of rotatable bonds is 2. The van der Waals surface area contributed by atoms with Gasteiger partial charge in [0.25, 0.3) is 0 Å². The molecule has 0 fully saturated rings. The summed E-state index contributed by atoms with van der Waals surface area (Å²) in [4.78, 5) is 7.11. The molecule has 1 aliphatic carbocycles. The van der Waals surface area contributed by atoms with Gasteiger partial charge in [-0.25, -0.2) is 4.98 Å². The number of aromatic nitrogens is 2. The first-order valence-electron chi connectivity index (χ1n) is 4.41. The van der Waals surface area contributed by atoms with Crippen molar-refractivity contribution in [1.29, 1.82) is 0 Å². The first kappa shape index (κ1) is 10.7. The van der Waals surface area contributed by atoms with Crippen molar-refractivity contribution >= 4 is 5.57 Å². The second-order valence-corrected chi connectivity index (χ2v) is 3.06. The zero-order valence-electron chi connectivity index (χ0n) is 7.33. The summed E-state index contributed by atoms with van der Waals surface area (Å²) in [5.74, 6) is 0.630. The van der Waals surface area contributed by atoms with E-state index in [9.17, 15) is 0 Å². The Morgan fingerprint density at radius 3 is 2.93 bits per heavy atom. The van der Waals surface area contributed by atoms with Gasteiger partial charge in [0.05, 0.1) is 11.9 Å². The number of aromatic amines is 1. The number of hydrogen-bond acceptors (Lipinski definition) is 2. The Labute approximate surface area is 84.2 Å². The zero-order chi connectivity index (χ0) is 9.10. The minimum Gasteiger partial charge on any atom is -0.388 e. The van der Waals surface area contributed by atoms with Crippen molar-refractivity contribution in [3.8, 4) is 0 Å². The summed E-state index contributed by atoms with van der Waals surface area (Å²) >= 11 is 0. The van der Waals surface area contributed by atoms with Crippen LogP contribution in [0.15, 0.2) is 24.4 Å². The van der Waals surface area contributed by atoms with E-state index < -0.39 is 0 Å². The fourth-order valence-electron chi connectivity index (χ4n) is 1.43. The van der Waals surface area contributed by atoms with Crippen LogP contribution in [0.4, 0.5) is 0 Å². The van der Waals surface area contributed by atoms with Crippen LogP contribution in [-0.4, -0.2) is 15.1 Å². The number of aliphatic hydroxyl groups is 1. The third-order valence-electron chi connectivity index (χ3n) is 2.14. The highest BCUT2D eigenvalue weighted by Gasteiger charge is 2.05. The summed E-state index contributed by atoms with van der Waals surface area (Å²) in [6.07, 6.45) is 10.2. The Bertz CT molecular complexity index is 350. The fourth-order valence-corrected chi connectivity index (χ4v) is 1.43. The van der Waals surface area contributed by atoms with Crippen molar-refractivity contribution in [3.05, 3.63) is 35.9 Å². The number of aliphatic hydroxyl groups excluding tert-OH is 1. The molecular formula is C11H16N2O. The minimum atomic E-state index is -0.0247. The Balaban J connectivity index is 0.000000980. The lowest BCUT2D eigenvalue weighted by Crippen LogP contribution is -1.89. The third kappa shape index (κ3) is 2.12. The van der Waals surface area contributed by atoms with Crippen LogP contribution in [0.3, 0.4) is 0 Å². The zero-order valence-corrected chi connectivity index (χ0v) is 7.33. The molecule has 1 aromatic rings. The van der Waals surface area contributed by atoms with E-state index in [2.05, 4.69) is 28.2 Å². The molecule has 0 unspecified atom stereocenters. The highest BCUT2D eigenvalue weighted by atomic mass is 16.3. The summed E-state index contributed by atoms with van der Waals surface area (Å²) in [5, 5.41) is 8.82. The van der Waals surface area contributed by atoms with Gasteiger partial charge in [-0.2, -0.15) is 0 Å². The highest BCUT2D eigenvalue weighted by Crippen LogP contribution is 2.21. The Morgan fingerprint density at radius 1 is 1.50 bits per heavy atom. The second kappa shape index (κ2) is 4.77. The molecule has 0 aromatic carbocycles. The van der Waals surface area contributed by atoms with Gasteiger partial charge in [0.15, 0.2) is 0 Å². The summed E-state index contributed by atoms with van der Waals surface area (Å²) in [5.41, 5.74) is 2.28. The smallest absolute Gasteiger partial charge is 0.132 e. The molecule has 14 heavy (non-hydrogen) atoms. The predicted molar refractivity (Wildman–Crippen MR) is 57.6 cm³/mol. The molecule has 2 N–H and O–H groups in total. The van der Waals surface area contributed by atoms with Crippen molar-refractivity contribution in [2.45, 2.75) is 26.9 Å². The van der Waals surface area contributed by atoms with Crippen LogP contribution in [0.1, 0.15) is 31.8 Å². The van der Waals surface area contributed by atoms with Crippen LogP contribution in [0.2, 0.25) is 0 Å². The van der Waals surface area contributed by atoms with E-state index in [1.807, 2.05) is 0 Å². The molecule has 0 bridgehead atoms. The van der Waals surface area contributed by atoms with E-state index in [4.69, 9.17) is 5.11 Å². The van der Waals surface area contributed by atoms with E-state index in [0.717, 1.165) is 18.5 Å². The van der Waals surface area contributed by atoms with Gasteiger partial charge in [-0.1, -0.05) is 25.7 Å². The molecule has 1 aliphatic rings. The second-order valence-electron chi connectivity index (χ2n) is 3.06. The van der Waals surface area contributed by atoms with Crippen LogP contribution >= 0.6 is 0 Å². The molecule has 0 spiro atoms. The molecule has 0 atom stereocenters. The third-order valence-corrected chi connectivity index (χ3v) is 2.14. The maximum Gasteiger partial charge on any atom is 0.132 e. The average molecular weight is 192 g/mol. The molecule has 2 rings (SSSR count). The number of hydrogen-bond donors (Lipinski definition) is 2. The van der Waals surface area contributed by atoms with Crippen LogP contribution in [-0.2, 0) is 6.61 Å². The van der Waals surface area contributed by atoms with Crippen LogP contribution in [0.25, 0.3) is 5.57 Å². The summed E-state index contributed by atoms with van der Waals surface area (Å²) in [6.45, 7) is -0.0247. The van der Waals surface area contributed by atoms with E-state index >= 15 is 0 Å². The molecule has 3 nitrogen and oxygen atoms in total. The molecule has 0 radical (unpaired) electrons. The van der Waals surface area contributed by atoms with Crippen molar-refractivity contribution in [2.75, 3.05) is 0 Å². The maximum atomic E-state index is 8.82. The number of allylic oxidation sites excluding steroid dienone is 4. The SMILES string of the molecule is C.OCc1ncc(C2=CC=CCC2)[nH]1. The van der Waals surface area contributed by atoms with E-state index in [1.54, 1.807) is 6.20 Å². The predicted octanol–water partition coefficient (Wildman–Crippen LogP) is 2.27. The quantitative estimate of drug-likeness (QED) is 0.755. The van der Waals surface area contributed by atoms with Crippen LogP contribution in [0, 0.1) is 0 Å². The molecule has 76 valence electrons. The topological polar surface area (TPSA) is 48.9 Å². The molecule has 1 heterocycles. The minimum absolute atomic E-state index is 0. The first-order chi connectivity index (χ1) is 6.40. The molecular weight excluding hydrogens is 176 g/mol. The van der Waals surface area contributed by atoms with Crippen molar-refractivity contribution in [2.24, 2.45) is 0 Å². The van der Waals surface area contributed by atoms with Gasteiger partial charge >= 0.3 is 0 Å². The van der Waals surface area contributed by atoms with Gasteiger partial charge in [-0.3, -0.25) is 0 Å². The highest BCUT2D eigenvalue weighted by molar-refractivity contribution is 5.65. The van der Waals surface area contributed by atoms with Crippen LogP contribution < -0.4 is 0 Å². The van der Waals surface area contributed by atoms with Gasteiger partial charge in [0, 0.05) is 0 Å². The van der Waals surface area contributed by atoms with E-state index in [1.165, 1.54) is 5.57 Å². The number of imidazole rings is 1. The monoisotopic (exact) mass is 192 g/mol. The lowest BCUT2D eigenvalue weighted by Gasteiger charge is -2.05. The van der Waals surface area contributed by atoms with Gasteiger partial charge in [-0.05, 0) is 18.4 Å². The van der Waals surface area contributed by atoms with Crippen molar-refractivity contribution in [3.63, 3.8) is 0 Å². The lowest BCUT2D eigenvalue weighted by molar-refractivity contribution is 0.272. The van der Waals surface area contributed by atoms with Crippen LogP contribution in [0.5, 0.6) is 0 Å². The summed E-state index contributed by atoms with van der Waals surface area (Å²) < 4.78 is 0. The Morgan fingerprint density at radius 2 is 2.36 bits per heavy atom. The number of nitrogens with one attached hydrogen (secondary N) is 1. The molecule has 0 amide bonds. The fraction of sp³-hybridized carbons (Fsp3) is 0.364. The first-order valence-corrected chi connectivity index (χ1v) is 4.41. The number of nitrogens with zero attached hydrogens (tertiary/aromatic N) is 1. The van der Waals surface area contributed by atoms with Gasteiger partial charge in [0.1, 0.15) is 12.4 Å². The normalized spacial score (nSPS) is 14.8. The average Bonchev–Trinajstić information content (AvgIpc) is 2.67. The molecule has 0 saturated carbocycles. The Kier molecular flexibility index (Phi) is 3.65. The van der Waals surface area contributed by atoms with E-state index in [0.29, 0.717) is 5.82 Å².